The lowest BCUT2D eigenvalue weighted by atomic mass is 9.99. The number of likely N-dealkylation sites (tertiary alicyclic amines) is 1. The molecule has 1 aromatic carbocycles. The van der Waals surface area contributed by atoms with E-state index in [1.165, 1.54) is 11.8 Å². The number of halogens is 2. The summed E-state index contributed by atoms with van der Waals surface area (Å²) in [5.41, 5.74) is 0.793. The first-order chi connectivity index (χ1) is 10.5. The first-order valence-corrected chi connectivity index (χ1v) is 8.27. The number of thioether (sulfide) groups is 1. The second kappa shape index (κ2) is 6.24. The molecule has 0 spiro atoms. The van der Waals surface area contributed by atoms with Crippen LogP contribution in [0.4, 0.5) is 8.78 Å². The molecule has 0 aliphatic carbocycles. The third-order valence-electron chi connectivity index (χ3n) is 3.97. The Kier molecular flexibility index (Phi) is 4.33. The van der Waals surface area contributed by atoms with Crippen LogP contribution < -0.4 is 0 Å². The lowest BCUT2D eigenvalue weighted by molar-refractivity contribution is -0.129. The van der Waals surface area contributed by atoms with Gasteiger partial charge < -0.3 is 9.88 Å². The molecular weight excluding hydrogens is 308 g/mol. The zero-order valence-corrected chi connectivity index (χ0v) is 13.1. The van der Waals surface area contributed by atoms with Crippen molar-refractivity contribution in [3.05, 3.63) is 23.8 Å². The number of rotatable bonds is 3. The van der Waals surface area contributed by atoms with E-state index >= 15 is 0 Å². The molecule has 2 aromatic rings. The van der Waals surface area contributed by atoms with Gasteiger partial charge in [0.15, 0.2) is 16.8 Å². The zero-order valence-electron chi connectivity index (χ0n) is 12.2. The normalized spacial score (nSPS) is 16.4. The minimum Gasteiger partial charge on any atom is -0.342 e. The number of H-pyrrole nitrogens is 1. The van der Waals surface area contributed by atoms with E-state index in [1.54, 1.807) is 0 Å². The minimum atomic E-state index is -0.922. The van der Waals surface area contributed by atoms with E-state index in [-0.39, 0.29) is 11.7 Å². The van der Waals surface area contributed by atoms with Gasteiger partial charge in [0.1, 0.15) is 0 Å². The highest BCUT2D eigenvalue weighted by molar-refractivity contribution is 7.99. The van der Waals surface area contributed by atoms with Crippen LogP contribution in [-0.2, 0) is 4.79 Å². The Morgan fingerprint density at radius 1 is 1.36 bits per heavy atom. The van der Waals surface area contributed by atoms with Crippen LogP contribution in [0.15, 0.2) is 17.3 Å². The Hall–Kier alpha value is -1.63. The molecule has 3 rings (SSSR count). The van der Waals surface area contributed by atoms with Gasteiger partial charge in [-0.3, -0.25) is 4.79 Å². The second-order valence-electron chi connectivity index (χ2n) is 5.68. The van der Waals surface area contributed by atoms with Crippen molar-refractivity contribution in [3.63, 3.8) is 0 Å². The maximum atomic E-state index is 13.2. The summed E-state index contributed by atoms with van der Waals surface area (Å²) in [6.45, 7) is 3.80. The third-order valence-corrected chi connectivity index (χ3v) is 4.83. The van der Waals surface area contributed by atoms with Gasteiger partial charge in [-0.15, -0.1) is 0 Å². The van der Waals surface area contributed by atoms with E-state index in [2.05, 4.69) is 16.9 Å². The van der Waals surface area contributed by atoms with E-state index in [0.29, 0.717) is 22.1 Å². The highest BCUT2D eigenvalue weighted by Gasteiger charge is 2.20. The summed E-state index contributed by atoms with van der Waals surface area (Å²) < 4.78 is 26.3. The molecule has 1 aliphatic heterocycles. The lowest BCUT2D eigenvalue weighted by Crippen LogP contribution is -2.38. The second-order valence-corrected chi connectivity index (χ2v) is 6.64. The summed E-state index contributed by atoms with van der Waals surface area (Å²) in [5, 5.41) is 0.499. The molecule has 118 valence electrons. The molecule has 2 heterocycles. The predicted molar refractivity (Wildman–Crippen MR) is 81.7 cm³/mol. The van der Waals surface area contributed by atoms with Crippen molar-refractivity contribution in [1.82, 2.24) is 14.9 Å². The fourth-order valence-electron chi connectivity index (χ4n) is 2.53. The molecule has 0 atom stereocenters. The maximum absolute atomic E-state index is 13.2. The molecule has 1 aromatic heterocycles. The number of carbonyl (C=O) groups is 1. The number of aromatic amines is 1. The average molecular weight is 325 g/mol. The monoisotopic (exact) mass is 325 g/mol. The number of hydrogen-bond donors (Lipinski definition) is 1. The van der Waals surface area contributed by atoms with Crippen LogP contribution in [0.5, 0.6) is 0 Å². The van der Waals surface area contributed by atoms with Crippen molar-refractivity contribution in [1.29, 1.82) is 0 Å². The topological polar surface area (TPSA) is 49.0 Å². The van der Waals surface area contributed by atoms with Crippen molar-refractivity contribution >= 4 is 28.7 Å². The molecule has 0 bridgehead atoms. The number of fused-ring (bicyclic) bond motifs is 1. The Balaban J connectivity index is 1.62. The summed E-state index contributed by atoms with van der Waals surface area (Å²) in [6, 6.07) is 2.13. The van der Waals surface area contributed by atoms with Crippen molar-refractivity contribution in [2.45, 2.75) is 24.9 Å². The molecule has 0 radical (unpaired) electrons. The number of amides is 1. The molecular formula is C15H17F2N3OS. The van der Waals surface area contributed by atoms with E-state index in [9.17, 15) is 13.6 Å². The van der Waals surface area contributed by atoms with Crippen LogP contribution in [0.25, 0.3) is 11.0 Å². The number of piperidine rings is 1. The van der Waals surface area contributed by atoms with Crippen LogP contribution in [0.1, 0.15) is 19.8 Å². The molecule has 1 N–H and O–H groups in total. The highest BCUT2D eigenvalue weighted by atomic mass is 32.2. The van der Waals surface area contributed by atoms with Crippen molar-refractivity contribution in [3.8, 4) is 0 Å². The summed E-state index contributed by atoms with van der Waals surface area (Å²) >= 11 is 1.26. The van der Waals surface area contributed by atoms with Gasteiger partial charge in [0, 0.05) is 25.2 Å². The molecule has 22 heavy (non-hydrogen) atoms. The number of carbonyl (C=O) groups excluding carboxylic acids is 1. The van der Waals surface area contributed by atoms with Crippen molar-refractivity contribution < 1.29 is 13.6 Å². The molecule has 1 aliphatic rings. The SMILES string of the molecule is CC1CCN(C(=O)CSc2nc3cc(F)c(F)cc3[nH]2)CC1. The molecule has 0 unspecified atom stereocenters. The van der Waals surface area contributed by atoms with Gasteiger partial charge in [-0.05, 0) is 18.8 Å². The number of nitrogens with one attached hydrogen (secondary N) is 1. The Labute approximate surface area is 131 Å². The maximum Gasteiger partial charge on any atom is 0.233 e. The summed E-state index contributed by atoms with van der Waals surface area (Å²) in [7, 11) is 0. The van der Waals surface area contributed by atoms with Crippen LogP contribution in [0.3, 0.4) is 0 Å². The van der Waals surface area contributed by atoms with E-state index in [1.807, 2.05) is 4.90 Å². The van der Waals surface area contributed by atoms with Gasteiger partial charge in [0.05, 0.1) is 16.8 Å². The standard InChI is InChI=1S/C15H17F2N3OS/c1-9-2-4-20(5-3-9)14(21)8-22-15-18-12-6-10(16)11(17)7-13(12)19-15/h6-7,9H,2-5,8H2,1H3,(H,18,19). The molecule has 1 saturated heterocycles. The summed E-state index contributed by atoms with van der Waals surface area (Å²) in [6.07, 6.45) is 2.08. The van der Waals surface area contributed by atoms with E-state index in [0.717, 1.165) is 38.1 Å². The number of imidazole rings is 1. The fraction of sp³-hybridized carbons (Fsp3) is 0.467. The number of nitrogens with zero attached hydrogens (tertiary/aromatic N) is 2. The van der Waals surface area contributed by atoms with E-state index < -0.39 is 11.6 Å². The highest BCUT2D eigenvalue weighted by Crippen LogP contribution is 2.23. The number of hydrogen-bond acceptors (Lipinski definition) is 3. The number of aromatic nitrogens is 2. The van der Waals surface area contributed by atoms with Crippen LogP contribution in [-0.4, -0.2) is 39.6 Å². The number of benzene rings is 1. The van der Waals surface area contributed by atoms with E-state index in [4.69, 9.17) is 0 Å². The Morgan fingerprint density at radius 2 is 2.05 bits per heavy atom. The molecule has 4 nitrogen and oxygen atoms in total. The largest absolute Gasteiger partial charge is 0.342 e. The van der Waals surface area contributed by atoms with Crippen LogP contribution >= 0.6 is 11.8 Å². The minimum absolute atomic E-state index is 0.0784. The van der Waals surface area contributed by atoms with Crippen LogP contribution in [0, 0.1) is 17.6 Å². The first kappa shape index (κ1) is 15.3. The lowest BCUT2D eigenvalue weighted by Gasteiger charge is -2.30. The quantitative estimate of drug-likeness (QED) is 0.882. The smallest absolute Gasteiger partial charge is 0.233 e. The van der Waals surface area contributed by atoms with Gasteiger partial charge in [0.2, 0.25) is 5.91 Å². The van der Waals surface area contributed by atoms with Gasteiger partial charge in [-0.25, -0.2) is 13.8 Å². The fourth-order valence-corrected chi connectivity index (χ4v) is 3.32. The van der Waals surface area contributed by atoms with Crippen LogP contribution in [0.2, 0.25) is 0 Å². The Bertz CT molecular complexity index is 656. The molecule has 1 fully saturated rings. The molecule has 7 heteroatoms. The molecule has 0 saturated carbocycles. The summed E-state index contributed by atoms with van der Waals surface area (Å²) in [5.74, 6) is -0.800. The third kappa shape index (κ3) is 3.24. The van der Waals surface area contributed by atoms with Crippen molar-refractivity contribution in [2.75, 3.05) is 18.8 Å². The zero-order chi connectivity index (χ0) is 15.7. The van der Waals surface area contributed by atoms with Gasteiger partial charge in [0.25, 0.3) is 0 Å². The van der Waals surface area contributed by atoms with Gasteiger partial charge >= 0.3 is 0 Å². The molecule has 1 amide bonds. The predicted octanol–water partition coefficient (Wildman–Crippen LogP) is 3.19. The van der Waals surface area contributed by atoms with Gasteiger partial charge in [-0.1, -0.05) is 18.7 Å². The average Bonchev–Trinajstić information content (AvgIpc) is 2.88. The van der Waals surface area contributed by atoms with Gasteiger partial charge in [-0.2, -0.15) is 0 Å². The first-order valence-electron chi connectivity index (χ1n) is 7.28. The summed E-state index contributed by atoms with van der Waals surface area (Å²) in [4.78, 5) is 21.1. The Morgan fingerprint density at radius 3 is 2.77 bits per heavy atom. The van der Waals surface area contributed by atoms with Crippen molar-refractivity contribution in [2.24, 2.45) is 5.92 Å².